The number of carbonyl (C=O) groups is 2. The fourth-order valence-corrected chi connectivity index (χ4v) is 2.64. The smallest absolute Gasteiger partial charge is 0.266 e. The number of rotatable bonds is 3. The summed E-state index contributed by atoms with van der Waals surface area (Å²) in [5.74, 6) is 0.0355. The summed E-state index contributed by atoms with van der Waals surface area (Å²) in [5, 5.41) is 5.65. The van der Waals surface area contributed by atoms with Crippen molar-refractivity contribution in [2.45, 2.75) is 33.3 Å². The molecule has 1 atom stereocenters. The zero-order chi connectivity index (χ0) is 17.3. The SMILES string of the molecule is Cc1ccc(C)c(NC(=O)CC2Oc3ccc(C)cc3NC2=O)c1. The van der Waals surface area contributed by atoms with Crippen LogP contribution in [0, 0.1) is 20.8 Å². The Hall–Kier alpha value is -2.82. The molecule has 124 valence electrons. The molecule has 0 spiro atoms. The van der Waals surface area contributed by atoms with Crippen LogP contribution in [0.1, 0.15) is 23.1 Å². The first-order valence-electron chi connectivity index (χ1n) is 7.87. The zero-order valence-corrected chi connectivity index (χ0v) is 14.0. The third-order valence-electron chi connectivity index (χ3n) is 3.99. The molecule has 5 heteroatoms. The predicted octanol–water partition coefficient (Wildman–Crippen LogP) is 3.34. The number of ether oxygens (including phenoxy) is 1. The molecule has 0 bridgehead atoms. The number of carbonyl (C=O) groups excluding carboxylic acids is 2. The summed E-state index contributed by atoms with van der Waals surface area (Å²) in [7, 11) is 0. The Morgan fingerprint density at radius 1 is 1.12 bits per heavy atom. The highest BCUT2D eigenvalue weighted by Gasteiger charge is 2.29. The van der Waals surface area contributed by atoms with E-state index in [9.17, 15) is 9.59 Å². The first-order chi connectivity index (χ1) is 11.4. The third kappa shape index (κ3) is 3.40. The van der Waals surface area contributed by atoms with Gasteiger partial charge >= 0.3 is 0 Å². The van der Waals surface area contributed by atoms with Gasteiger partial charge in [0.2, 0.25) is 5.91 Å². The van der Waals surface area contributed by atoms with Gasteiger partial charge in [-0.3, -0.25) is 9.59 Å². The Morgan fingerprint density at radius 2 is 1.83 bits per heavy atom. The summed E-state index contributed by atoms with van der Waals surface area (Å²) in [6.45, 7) is 5.83. The van der Waals surface area contributed by atoms with Crippen molar-refractivity contribution in [1.29, 1.82) is 0 Å². The highest BCUT2D eigenvalue weighted by Crippen LogP contribution is 2.31. The Balaban J connectivity index is 1.69. The second kappa shape index (κ2) is 6.35. The van der Waals surface area contributed by atoms with E-state index in [-0.39, 0.29) is 18.2 Å². The molecule has 0 saturated carbocycles. The number of nitrogens with one attached hydrogen (secondary N) is 2. The summed E-state index contributed by atoms with van der Waals surface area (Å²) in [4.78, 5) is 24.4. The van der Waals surface area contributed by atoms with Gasteiger partial charge in [-0.25, -0.2) is 0 Å². The molecular weight excluding hydrogens is 304 g/mol. The molecule has 1 heterocycles. The summed E-state index contributed by atoms with van der Waals surface area (Å²) in [6.07, 6.45) is -0.864. The second-order valence-electron chi connectivity index (χ2n) is 6.17. The summed E-state index contributed by atoms with van der Waals surface area (Å²) >= 11 is 0. The van der Waals surface area contributed by atoms with E-state index in [4.69, 9.17) is 4.74 Å². The fraction of sp³-hybridized carbons (Fsp3) is 0.263. The summed E-state index contributed by atoms with van der Waals surface area (Å²) in [5.41, 5.74) is 4.47. The topological polar surface area (TPSA) is 67.4 Å². The van der Waals surface area contributed by atoms with Gasteiger partial charge in [0.1, 0.15) is 5.75 Å². The lowest BCUT2D eigenvalue weighted by Crippen LogP contribution is -2.39. The Labute approximate surface area is 141 Å². The Kier molecular flexibility index (Phi) is 4.25. The molecule has 0 radical (unpaired) electrons. The van der Waals surface area contributed by atoms with Crippen LogP contribution >= 0.6 is 0 Å². The summed E-state index contributed by atoms with van der Waals surface area (Å²) < 4.78 is 5.69. The molecule has 2 aromatic carbocycles. The van der Waals surface area contributed by atoms with Crippen LogP contribution in [0.4, 0.5) is 11.4 Å². The molecule has 1 unspecified atom stereocenters. The van der Waals surface area contributed by atoms with Gasteiger partial charge in [0.25, 0.3) is 5.91 Å². The lowest BCUT2D eigenvalue weighted by atomic mass is 10.1. The van der Waals surface area contributed by atoms with Gasteiger partial charge in [0, 0.05) is 5.69 Å². The van der Waals surface area contributed by atoms with E-state index in [1.807, 2.05) is 51.1 Å². The third-order valence-corrected chi connectivity index (χ3v) is 3.99. The molecule has 0 fully saturated rings. The maximum atomic E-state index is 12.3. The molecule has 2 amide bonds. The van der Waals surface area contributed by atoms with Crippen molar-refractivity contribution < 1.29 is 14.3 Å². The summed E-state index contributed by atoms with van der Waals surface area (Å²) in [6, 6.07) is 11.4. The minimum Gasteiger partial charge on any atom is -0.478 e. The molecular formula is C19H20N2O3. The molecule has 2 N–H and O–H groups in total. The van der Waals surface area contributed by atoms with Gasteiger partial charge in [0.15, 0.2) is 6.10 Å². The number of hydrogen-bond donors (Lipinski definition) is 2. The normalized spacial score (nSPS) is 16.0. The van der Waals surface area contributed by atoms with Gasteiger partial charge in [-0.05, 0) is 55.7 Å². The van der Waals surface area contributed by atoms with Gasteiger partial charge in [-0.1, -0.05) is 18.2 Å². The molecule has 24 heavy (non-hydrogen) atoms. The Bertz CT molecular complexity index is 814. The van der Waals surface area contributed by atoms with Crippen LogP contribution in [0.25, 0.3) is 0 Å². The molecule has 1 aliphatic heterocycles. The molecule has 2 aromatic rings. The number of fused-ring (bicyclic) bond motifs is 1. The standard InChI is InChI=1S/C19H20N2O3/c1-11-4-6-13(3)14(8-11)20-18(22)10-17-19(23)21-15-9-12(2)5-7-16(15)24-17/h4-9,17H,10H2,1-3H3,(H,20,22)(H,21,23). The van der Waals surface area contributed by atoms with E-state index >= 15 is 0 Å². The van der Waals surface area contributed by atoms with Gasteiger partial charge in [-0.2, -0.15) is 0 Å². The van der Waals surface area contributed by atoms with Gasteiger partial charge < -0.3 is 15.4 Å². The average Bonchev–Trinajstić information content (AvgIpc) is 2.52. The Morgan fingerprint density at radius 3 is 2.62 bits per heavy atom. The van der Waals surface area contributed by atoms with Crippen LogP contribution in [0.2, 0.25) is 0 Å². The lowest BCUT2D eigenvalue weighted by Gasteiger charge is -2.25. The van der Waals surface area contributed by atoms with Crippen LogP contribution in [-0.2, 0) is 9.59 Å². The number of hydrogen-bond acceptors (Lipinski definition) is 3. The second-order valence-corrected chi connectivity index (χ2v) is 6.17. The van der Waals surface area contributed by atoms with Crippen LogP contribution < -0.4 is 15.4 Å². The van der Waals surface area contributed by atoms with E-state index in [0.717, 1.165) is 22.4 Å². The molecule has 0 aromatic heterocycles. The van der Waals surface area contributed by atoms with Crippen molar-refractivity contribution in [2.24, 2.45) is 0 Å². The molecule has 3 rings (SSSR count). The number of aryl methyl sites for hydroxylation is 3. The maximum absolute atomic E-state index is 12.3. The van der Waals surface area contributed by atoms with Crippen molar-refractivity contribution in [3.8, 4) is 5.75 Å². The highest BCUT2D eigenvalue weighted by atomic mass is 16.5. The van der Waals surface area contributed by atoms with E-state index in [2.05, 4.69) is 10.6 Å². The monoisotopic (exact) mass is 324 g/mol. The van der Waals surface area contributed by atoms with Crippen molar-refractivity contribution >= 4 is 23.2 Å². The molecule has 1 aliphatic rings. The van der Waals surface area contributed by atoms with E-state index < -0.39 is 6.10 Å². The van der Waals surface area contributed by atoms with Crippen LogP contribution in [-0.4, -0.2) is 17.9 Å². The van der Waals surface area contributed by atoms with Crippen molar-refractivity contribution in [3.05, 3.63) is 53.1 Å². The first-order valence-corrected chi connectivity index (χ1v) is 7.87. The number of benzene rings is 2. The van der Waals surface area contributed by atoms with Gasteiger partial charge in [-0.15, -0.1) is 0 Å². The maximum Gasteiger partial charge on any atom is 0.266 e. The lowest BCUT2D eigenvalue weighted by molar-refractivity contribution is -0.128. The van der Waals surface area contributed by atoms with E-state index in [1.54, 1.807) is 6.07 Å². The number of anilines is 2. The predicted molar refractivity (Wildman–Crippen MR) is 93.4 cm³/mol. The zero-order valence-electron chi connectivity index (χ0n) is 14.0. The largest absolute Gasteiger partial charge is 0.478 e. The number of amides is 2. The first kappa shape index (κ1) is 16.1. The van der Waals surface area contributed by atoms with E-state index in [0.29, 0.717) is 11.4 Å². The quantitative estimate of drug-likeness (QED) is 0.910. The van der Waals surface area contributed by atoms with Crippen LogP contribution in [0.3, 0.4) is 0 Å². The fourth-order valence-electron chi connectivity index (χ4n) is 2.64. The molecule has 0 saturated heterocycles. The minimum absolute atomic E-state index is 0.0352. The van der Waals surface area contributed by atoms with Gasteiger partial charge in [0.05, 0.1) is 12.1 Å². The molecule has 0 aliphatic carbocycles. The minimum atomic E-state index is -0.828. The molecule has 5 nitrogen and oxygen atoms in total. The van der Waals surface area contributed by atoms with Crippen LogP contribution in [0.5, 0.6) is 5.75 Å². The van der Waals surface area contributed by atoms with Crippen molar-refractivity contribution in [1.82, 2.24) is 0 Å². The van der Waals surface area contributed by atoms with Crippen molar-refractivity contribution in [3.63, 3.8) is 0 Å². The highest BCUT2D eigenvalue weighted by molar-refractivity contribution is 6.02. The van der Waals surface area contributed by atoms with Crippen molar-refractivity contribution in [2.75, 3.05) is 10.6 Å². The van der Waals surface area contributed by atoms with Crippen LogP contribution in [0.15, 0.2) is 36.4 Å². The average molecular weight is 324 g/mol. The van der Waals surface area contributed by atoms with E-state index in [1.165, 1.54) is 0 Å².